The number of primary sulfonamides is 1. The van der Waals surface area contributed by atoms with Crippen LogP contribution in [0.2, 0.25) is 0 Å². The van der Waals surface area contributed by atoms with Crippen LogP contribution in [0.3, 0.4) is 0 Å². The van der Waals surface area contributed by atoms with E-state index in [0.29, 0.717) is 24.2 Å². The number of hydrogen-bond donors (Lipinski definition) is 2. The zero-order valence-corrected chi connectivity index (χ0v) is 18.2. The Morgan fingerprint density at radius 2 is 1.52 bits per heavy atom. The van der Waals surface area contributed by atoms with Crippen LogP contribution in [0, 0.1) is 0 Å². The number of amides is 1. The first-order valence-corrected chi connectivity index (χ1v) is 12.8. The number of rotatable bonds is 5. The molecule has 0 bridgehead atoms. The van der Waals surface area contributed by atoms with E-state index in [1.165, 1.54) is 12.1 Å². The molecule has 0 saturated heterocycles. The lowest BCUT2D eigenvalue weighted by Gasteiger charge is -2.33. The van der Waals surface area contributed by atoms with Crippen molar-refractivity contribution in [2.24, 2.45) is 5.14 Å². The van der Waals surface area contributed by atoms with Crippen LogP contribution >= 0.6 is 0 Å². The van der Waals surface area contributed by atoms with Gasteiger partial charge in [-0.15, -0.1) is 0 Å². The van der Waals surface area contributed by atoms with Gasteiger partial charge < -0.3 is 4.42 Å². The van der Waals surface area contributed by atoms with Crippen molar-refractivity contribution in [3.63, 3.8) is 0 Å². The number of benzene rings is 2. The number of sulfonamides is 2. The second-order valence-electron chi connectivity index (χ2n) is 7.72. The minimum absolute atomic E-state index is 0.404. The highest BCUT2D eigenvalue weighted by molar-refractivity contribution is 7.92. The number of carbonyl (C=O) groups excluding carboxylic acids is 1. The van der Waals surface area contributed by atoms with Gasteiger partial charge in [-0.3, -0.25) is 4.79 Å². The van der Waals surface area contributed by atoms with Crippen LogP contribution < -0.4 is 9.86 Å². The van der Waals surface area contributed by atoms with Gasteiger partial charge in [0.1, 0.15) is 26.5 Å². The van der Waals surface area contributed by atoms with Crippen LogP contribution in [-0.2, 0) is 30.3 Å². The number of furan rings is 1. The minimum Gasteiger partial charge on any atom is -0.460 e. The summed E-state index contributed by atoms with van der Waals surface area (Å²) in [6.45, 7) is 0. The maximum absolute atomic E-state index is 13.4. The maximum Gasteiger partial charge on any atom is 0.265 e. The molecule has 1 heterocycles. The number of nitrogens with two attached hydrogens (primary N) is 1. The quantitative estimate of drug-likeness (QED) is 0.598. The van der Waals surface area contributed by atoms with Gasteiger partial charge in [-0.1, -0.05) is 49.6 Å². The van der Waals surface area contributed by atoms with E-state index in [1.807, 2.05) is 18.2 Å². The Morgan fingerprint density at radius 1 is 0.903 bits per heavy atom. The summed E-state index contributed by atoms with van der Waals surface area (Å²) in [6, 6.07) is 14.0. The van der Waals surface area contributed by atoms with Gasteiger partial charge in [0.15, 0.2) is 0 Å². The molecule has 1 aromatic heterocycles. The summed E-state index contributed by atoms with van der Waals surface area (Å²) >= 11 is 0. The molecule has 3 N–H and O–H groups in total. The fourth-order valence-corrected chi connectivity index (χ4v) is 6.57. The van der Waals surface area contributed by atoms with E-state index in [-0.39, 0.29) is 0 Å². The summed E-state index contributed by atoms with van der Waals surface area (Å²) in [7, 11) is -8.81. The van der Waals surface area contributed by atoms with Crippen molar-refractivity contribution in [1.29, 1.82) is 0 Å². The SMILES string of the molecule is NS(=O)(=O)c1ccccc1S(=O)(=O)NC(=O)C1(c2cc3ccccc3o2)CCCCC1. The Bertz CT molecular complexity index is 1320. The average molecular weight is 463 g/mol. The monoisotopic (exact) mass is 462 g/mol. The molecule has 4 rings (SSSR count). The van der Waals surface area contributed by atoms with Gasteiger partial charge in [0.25, 0.3) is 10.0 Å². The van der Waals surface area contributed by atoms with E-state index in [4.69, 9.17) is 9.56 Å². The molecular formula is C21H22N2O6S2. The normalized spacial score (nSPS) is 16.8. The Balaban J connectivity index is 1.76. The molecular weight excluding hydrogens is 440 g/mol. The molecule has 0 atom stereocenters. The van der Waals surface area contributed by atoms with Crippen molar-refractivity contribution in [2.45, 2.75) is 47.3 Å². The largest absolute Gasteiger partial charge is 0.460 e. The second-order valence-corrected chi connectivity index (χ2v) is 10.9. The zero-order chi connectivity index (χ0) is 22.3. The van der Waals surface area contributed by atoms with E-state index in [9.17, 15) is 21.6 Å². The van der Waals surface area contributed by atoms with Gasteiger partial charge in [0.05, 0.1) is 0 Å². The van der Waals surface area contributed by atoms with Crippen molar-refractivity contribution in [3.05, 3.63) is 60.4 Å². The fraction of sp³-hybridized carbons (Fsp3) is 0.286. The predicted molar refractivity (Wildman–Crippen MR) is 114 cm³/mol. The van der Waals surface area contributed by atoms with Gasteiger partial charge in [-0.05, 0) is 37.1 Å². The van der Waals surface area contributed by atoms with Crippen LogP contribution in [0.4, 0.5) is 0 Å². The minimum atomic E-state index is -4.50. The summed E-state index contributed by atoms with van der Waals surface area (Å²) in [5, 5.41) is 5.99. The Kier molecular flexibility index (Phi) is 5.40. The first kappa shape index (κ1) is 21.5. The topological polar surface area (TPSA) is 137 Å². The van der Waals surface area contributed by atoms with Gasteiger partial charge in [-0.2, -0.15) is 0 Å². The van der Waals surface area contributed by atoms with E-state index < -0.39 is 41.2 Å². The van der Waals surface area contributed by atoms with Crippen LogP contribution in [0.25, 0.3) is 11.0 Å². The first-order valence-electron chi connectivity index (χ1n) is 9.82. The molecule has 2 aromatic carbocycles. The zero-order valence-electron chi connectivity index (χ0n) is 16.6. The Labute approximate surface area is 180 Å². The molecule has 0 radical (unpaired) electrons. The van der Waals surface area contributed by atoms with Crippen molar-refractivity contribution in [1.82, 2.24) is 4.72 Å². The van der Waals surface area contributed by atoms with Gasteiger partial charge in [0.2, 0.25) is 15.9 Å². The summed E-state index contributed by atoms with van der Waals surface area (Å²) in [5.74, 6) is -0.337. The molecule has 10 heteroatoms. The third-order valence-electron chi connectivity index (χ3n) is 5.71. The molecule has 1 aliphatic rings. The highest BCUT2D eigenvalue weighted by atomic mass is 32.2. The molecule has 1 amide bonds. The molecule has 0 aliphatic heterocycles. The third kappa shape index (κ3) is 3.98. The number of fused-ring (bicyclic) bond motifs is 1. The van der Waals surface area contributed by atoms with Crippen LogP contribution in [0.15, 0.2) is 68.8 Å². The maximum atomic E-state index is 13.4. The lowest BCUT2D eigenvalue weighted by Crippen LogP contribution is -2.47. The Hall–Kier alpha value is -2.69. The van der Waals surface area contributed by atoms with E-state index >= 15 is 0 Å². The van der Waals surface area contributed by atoms with Crippen molar-refractivity contribution >= 4 is 36.9 Å². The molecule has 164 valence electrons. The van der Waals surface area contributed by atoms with Crippen LogP contribution in [0.5, 0.6) is 0 Å². The van der Waals surface area contributed by atoms with Crippen molar-refractivity contribution in [2.75, 3.05) is 0 Å². The molecule has 31 heavy (non-hydrogen) atoms. The van der Waals surface area contributed by atoms with E-state index in [1.54, 1.807) is 12.1 Å². The summed E-state index contributed by atoms with van der Waals surface area (Å²) < 4.78 is 57.8. The average Bonchev–Trinajstić information content (AvgIpc) is 3.18. The summed E-state index contributed by atoms with van der Waals surface area (Å²) in [5.41, 5.74) is -0.557. The highest BCUT2D eigenvalue weighted by Crippen LogP contribution is 2.42. The van der Waals surface area contributed by atoms with Crippen molar-refractivity contribution in [3.8, 4) is 0 Å². The van der Waals surface area contributed by atoms with Crippen LogP contribution in [-0.4, -0.2) is 22.7 Å². The van der Waals surface area contributed by atoms with Gasteiger partial charge in [0, 0.05) is 5.39 Å². The molecule has 1 aliphatic carbocycles. The molecule has 1 saturated carbocycles. The van der Waals surface area contributed by atoms with Gasteiger partial charge in [-0.25, -0.2) is 26.7 Å². The Morgan fingerprint density at radius 3 is 2.16 bits per heavy atom. The lowest BCUT2D eigenvalue weighted by atomic mass is 9.71. The third-order valence-corrected chi connectivity index (χ3v) is 8.20. The van der Waals surface area contributed by atoms with E-state index in [0.717, 1.165) is 36.8 Å². The summed E-state index contributed by atoms with van der Waals surface area (Å²) in [6.07, 6.45) is 3.24. The highest BCUT2D eigenvalue weighted by Gasteiger charge is 2.46. The lowest BCUT2D eigenvalue weighted by molar-refractivity contribution is -0.126. The predicted octanol–water partition coefficient (Wildman–Crippen LogP) is 2.79. The molecule has 8 nitrogen and oxygen atoms in total. The number of para-hydroxylation sites is 1. The summed E-state index contributed by atoms with van der Waals surface area (Å²) in [4.78, 5) is 12.3. The van der Waals surface area contributed by atoms with Gasteiger partial charge >= 0.3 is 0 Å². The number of hydrogen-bond acceptors (Lipinski definition) is 6. The number of carbonyl (C=O) groups is 1. The van der Waals surface area contributed by atoms with Crippen LogP contribution in [0.1, 0.15) is 37.9 Å². The molecule has 1 fully saturated rings. The standard InChI is InChI=1S/C21H22N2O6S2/c22-30(25,26)17-10-4-5-11-18(17)31(27,28)23-20(24)21(12-6-1-7-13-21)19-14-15-8-2-3-9-16(15)29-19/h2-5,8-11,14H,1,6-7,12-13H2,(H,23,24)(H2,22,25,26). The second kappa shape index (κ2) is 7.77. The molecule has 3 aromatic rings. The fourth-order valence-electron chi connectivity index (χ4n) is 4.14. The first-order chi connectivity index (χ1) is 14.6. The smallest absolute Gasteiger partial charge is 0.265 e. The molecule has 0 unspecified atom stereocenters. The number of nitrogens with one attached hydrogen (secondary N) is 1. The van der Waals surface area contributed by atoms with Crippen molar-refractivity contribution < 1.29 is 26.0 Å². The van der Waals surface area contributed by atoms with E-state index in [2.05, 4.69) is 4.72 Å². The molecule has 0 spiro atoms.